The second-order valence-electron chi connectivity index (χ2n) is 6.63. The summed E-state index contributed by atoms with van der Waals surface area (Å²) in [7, 11) is 0. The van der Waals surface area contributed by atoms with Crippen molar-refractivity contribution >= 4 is 17.5 Å². The third kappa shape index (κ3) is 3.48. The molecule has 1 aliphatic rings. The highest BCUT2D eigenvalue weighted by Gasteiger charge is 2.18. The molecule has 0 aliphatic carbocycles. The Morgan fingerprint density at radius 2 is 1.68 bits per heavy atom. The average molecular weight is 330 g/mol. The maximum absolute atomic E-state index is 4.75. The van der Waals surface area contributed by atoms with Crippen LogP contribution < -0.4 is 10.2 Å². The Morgan fingerprint density at radius 1 is 0.920 bits per heavy atom. The van der Waals surface area contributed by atoms with Gasteiger partial charge in [0.15, 0.2) is 0 Å². The van der Waals surface area contributed by atoms with E-state index in [0.717, 1.165) is 42.7 Å². The number of hydrogen-bond donors (Lipinski definition) is 1. The van der Waals surface area contributed by atoms with E-state index in [0.29, 0.717) is 0 Å². The molecule has 0 amide bonds. The summed E-state index contributed by atoms with van der Waals surface area (Å²) in [6.07, 6.45) is 1.04. The number of nitrogens with one attached hydrogen (secondary N) is 1. The molecular formula is C21H22N4. The molecular weight excluding hydrogens is 308 g/mol. The summed E-state index contributed by atoms with van der Waals surface area (Å²) in [6.45, 7) is 5.92. The molecule has 4 heteroatoms. The second-order valence-corrected chi connectivity index (χ2v) is 6.63. The summed E-state index contributed by atoms with van der Waals surface area (Å²) < 4.78 is 0. The zero-order chi connectivity index (χ0) is 17.2. The zero-order valence-electron chi connectivity index (χ0n) is 14.7. The third-order valence-electron chi connectivity index (χ3n) is 4.58. The predicted molar refractivity (Wildman–Crippen MR) is 102 cm³/mol. The van der Waals surface area contributed by atoms with Crippen LogP contribution in [0.3, 0.4) is 0 Å². The maximum Gasteiger partial charge on any atom is 0.227 e. The van der Waals surface area contributed by atoms with Gasteiger partial charge in [-0.15, -0.1) is 0 Å². The first-order valence-corrected chi connectivity index (χ1v) is 8.68. The Morgan fingerprint density at radius 3 is 2.48 bits per heavy atom. The Hall–Kier alpha value is -2.88. The molecule has 0 fully saturated rings. The van der Waals surface area contributed by atoms with Crippen molar-refractivity contribution in [2.45, 2.75) is 26.8 Å². The van der Waals surface area contributed by atoms with E-state index in [1.807, 2.05) is 13.0 Å². The van der Waals surface area contributed by atoms with Gasteiger partial charge in [0.1, 0.15) is 5.82 Å². The minimum atomic E-state index is 0.795. The van der Waals surface area contributed by atoms with Crippen LogP contribution in [0.2, 0.25) is 0 Å². The van der Waals surface area contributed by atoms with Crippen LogP contribution in [0.4, 0.5) is 17.5 Å². The van der Waals surface area contributed by atoms with Crippen LogP contribution in [-0.4, -0.2) is 16.5 Å². The van der Waals surface area contributed by atoms with Crippen molar-refractivity contribution in [3.63, 3.8) is 0 Å². The highest BCUT2D eigenvalue weighted by atomic mass is 15.3. The topological polar surface area (TPSA) is 41.1 Å². The largest absolute Gasteiger partial charge is 0.340 e. The number of nitrogens with zero attached hydrogens (tertiary/aromatic N) is 3. The molecule has 3 aromatic rings. The Labute approximate surface area is 148 Å². The van der Waals surface area contributed by atoms with E-state index in [2.05, 4.69) is 70.7 Å². The van der Waals surface area contributed by atoms with Crippen molar-refractivity contribution in [2.24, 2.45) is 0 Å². The van der Waals surface area contributed by atoms with E-state index in [4.69, 9.17) is 4.98 Å². The molecule has 2 heterocycles. The molecule has 2 aromatic carbocycles. The van der Waals surface area contributed by atoms with Crippen LogP contribution in [0.15, 0.2) is 54.6 Å². The van der Waals surface area contributed by atoms with Crippen LogP contribution in [0, 0.1) is 13.8 Å². The SMILES string of the molecule is Cc1ccc(Nc2cc(C)nc(N3CCc4ccccc4C3)n2)cc1. The van der Waals surface area contributed by atoms with Gasteiger partial charge < -0.3 is 10.2 Å². The summed E-state index contributed by atoms with van der Waals surface area (Å²) in [5, 5.41) is 3.39. The molecule has 0 radical (unpaired) electrons. The molecule has 4 nitrogen and oxygen atoms in total. The van der Waals surface area contributed by atoms with Gasteiger partial charge >= 0.3 is 0 Å². The highest BCUT2D eigenvalue weighted by Crippen LogP contribution is 2.24. The Balaban J connectivity index is 1.59. The molecule has 0 atom stereocenters. The predicted octanol–water partition coefficient (Wildman–Crippen LogP) is 4.40. The molecule has 1 aromatic heterocycles. The van der Waals surface area contributed by atoms with Crippen LogP contribution >= 0.6 is 0 Å². The van der Waals surface area contributed by atoms with E-state index in [1.165, 1.54) is 16.7 Å². The van der Waals surface area contributed by atoms with Crippen LogP contribution in [-0.2, 0) is 13.0 Å². The summed E-state index contributed by atoms with van der Waals surface area (Å²) in [4.78, 5) is 11.7. The first-order valence-electron chi connectivity index (χ1n) is 8.68. The van der Waals surface area contributed by atoms with Gasteiger partial charge in [0.25, 0.3) is 0 Å². The Kier molecular flexibility index (Phi) is 4.10. The van der Waals surface area contributed by atoms with E-state index < -0.39 is 0 Å². The van der Waals surface area contributed by atoms with Gasteiger partial charge in [-0.1, -0.05) is 42.0 Å². The molecule has 0 bridgehead atoms. The standard InChI is InChI=1S/C21H22N4/c1-15-7-9-19(10-8-15)23-20-13-16(2)22-21(24-20)25-12-11-17-5-3-4-6-18(17)14-25/h3-10,13H,11-12,14H2,1-2H3,(H,22,23,24). The fourth-order valence-corrected chi connectivity index (χ4v) is 3.21. The number of anilines is 3. The number of benzene rings is 2. The molecule has 126 valence electrons. The van der Waals surface area contributed by atoms with Crippen molar-refractivity contribution in [1.29, 1.82) is 0 Å². The lowest BCUT2D eigenvalue weighted by Gasteiger charge is -2.29. The van der Waals surface area contributed by atoms with E-state index >= 15 is 0 Å². The smallest absolute Gasteiger partial charge is 0.227 e. The van der Waals surface area contributed by atoms with E-state index in [9.17, 15) is 0 Å². The minimum absolute atomic E-state index is 0.795. The molecule has 1 N–H and O–H groups in total. The fraction of sp³-hybridized carbons (Fsp3) is 0.238. The van der Waals surface area contributed by atoms with Crippen LogP contribution in [0.1, 0.15) is 22.4 Å². The van der Waals surface area contributed by atoms with Crippen molar-refractivity contribution in [3.05, 3.63) is 77.0 Å². The van der Waals surface area contributed by atoms with Gasteiger partial charge in [0, 0.05) is 30.5 Å². The number of aromatic nitrogens is 2. The van der Waals surface area contributed by atoms with Crippen molar-refractivity contribution in [3.8, 4) is 0 Å². The number of aryl methyl sites for hydroxylation is 2. The van der Waals surface area contributed by atoms with Crippen molar-refractivity contribution in [2.75, 3.05) is 16.8 Å². The molecule has 0 saturated heterocycles. The second kappa shape index (κ2) is 6.55. The minimum Gasteiger partial charge on any atom is -0.340 e. The Bertz CT molecular complexity index is 887. The fourth-order valence-electron chi connectivity index (χ4n) is 3.21. The summed E-state index contributed by atoms with van der Waals surface area (Å²) in [5.41, 5.74) is 6.06. The number of rotatable bonds is 3. The van der Waals surface area contributed by atoms with Gasteiger partial charge in [-0.2, -0.15) is 4.98 Å². The lowest BCUT2D eigenvalue weighted by Crippen LogP contribution is -2.32. The highest BCUT2D eigenvalue weighted by molar-refractivity contribution is 5.58. The lowest BCUT2D eigenvalue weighted by molar-refractivity contribution is 0.706. The zero-order valence-corrected chi connectivity index (χ0v) is 14.7. The molecule has 1 aliphatic heterocycles. The van der Waals surface area contributed by atoms with Gasteiger partial charge in [-0.25, -0.2) is 4.98 Å². The van der Waals surface area contributed by atoms with Gasteiger partial charge in [0.2, 0.25) is 5.95 Å². The summed E-state index contributed by atoms with van der Waals surface area (Å²) in [5.74, 6) is 1.63. The van der Waals surface area contributed by atoms with Gasteiger partial charge in [0.05, 0.1) is 0 Å². The monoisotopic (exact) mass is 330 g/mol. The number of fused-ring (bicyclic) bond motifs is 1. The van der Waals surface area contributed by atoms with Crippen LogP contribution in [0.5, 0.6) is 0 Å². The van der Waals surface area contributed by atoms with E-state index in [-0.39, 0.29) is 0 Å². The van der Waals surface area contributed by atoms with Gasteiger partial charge in [-0.3, -0.25) is 0 Å². The van der Waals surface area contributed by atoms with Gasteiger partial charge in [-0.05, 0) is 43.5 Å². The first kappa shape index (κ1) is 15.6. The molecule has 0 spiro atoms. The first-order chi connectivity index (χ1) is 12.2. The molecule has 4 rings (SSSR count). The third-order valence-corrected chi connectivity index (χ3v) is 4.58. The molecule has 0 saturated carbocycles. The normalized spacial score (nSPS) is 13.4. The average Bonchev–Trinajstić information content (AvgIpc) is 2.63. The van der Waals surface area contributed by atoms with Crippen molar-refractivity contribution < 1.29 is 0 Å². The van der Waals surface area contributed by atoms with Crippen LogP contribution in [0.25, 0.3) is 0 Å². The summed E-state index contributed by atoms with van der Waals surface area (Å²) in [6, 6.07) is 19.0. The van der Waals surface area contributed by atoms with Crippen molar-refractivity contribution in [1.82, 2.24) is 9.97 Å². The maximum atomic E-state index is 4.75. The summed E-state index contributed by atoms with van der Waals surface area (Å²) >= 11 is 0. The molecule has 25 heavy (non-hydrogen) atoms. The molecule has 0 unspecified atom stereocenters. The quantitative estimate of drug-likeness (QED) is 0.773. The van der Waals surface area contributed by atoms with E-state index in [1.54, 1.807) is 0 Å². The lowest BCUT2D eigenvalue weighted by atomic mass is 10.0. The number of hydrogen-bond acceptors (Lipinski definition) is 4.